The second-order valence-corrected chi connectivity index (χ2v) is 3.77. The summed E-state index contributed by atoms with van der Waals surface area (Å²) >= 11 is 5.69. The van der Waals surface area contributed by atoms with Gasteiger partial charge in [0.15, 0.2) is 5.82 Å². The zero-order chi connectivity index (χ0) is 13.5. The Balaban J connectivity index is 0.000000771. The molecular weight excluding hydrogens is 248 g/mol. The first-order valence-corrected chi connectivity index (χ1v) is 6.14. The summed E-state index contributed by atoms with van der Waals surface area (Å²) in [7, 11) is 0. The van der Waals surface area contributed by atoms with Crippen molar-refractivity contribution >= 4 is 28.8 Å². The van der Waals surface area contributed by atoms with Gasteiger partial charge in [0, 0.05) is 5.69 Å². The highest BCUT2D eigenvalue weighted by Gasteiger charge is 2.03. The zero-order valence-corrected chi connectivity index (χ0v) is 11.5. The molecule has 18 heavy (non-hydrogen) atoms. The first-order chi connectivity index (χ1) is 8.65. The maximum absolute atomic E-state index is 5.72. The number of aryl methyl sites for hydroxylation is 1. The van der Waals surface area contributed by atoms with Crippen molar-refractivity contribution in [1.82, 2.24) is 9.97 Å². The van der Waals surface area contributed by atoms with Crippen molar-refractivity contribution in [2.24, 2.45) is 0 Å². The zero-order valence-electron chi connectivity index (χ0n) is 10.7. The number of hydrogen-bond acceptors (Lipinski definition) is 4. The van der Waals surface area contributed by atoms with E-state index in [1.54, 1.807) is 0 Å². The predicted octanol–water partition coefficient (Wildman–Crippen LogP) is 3.79. The third-order valence-electron chi connectivity index (χ3n) is 2.10. The molecular formula is C13H17ClN4. The number of nitrogens with two attached hydrogens (primary N) is 1. The molecule has 1 aromatic heterocycles. The van der Waals surface area contributed by atoms with Crippen LogP contribution in [0.5, 0.6) is 0 Å². The molecule has 0 aliphatic rings. The maximum Gasteiger partial charge on any atom is 0.224 e. The van der Waals surface area contributed by atoms with Gasteiger partial charge in [-0.25, -0.2) is 4.98 Å². The molecule has 0 bridgehead atoms. The normalized spacial score (nSPS) is 9.33. The molecule has 1 aromatic carbocycles. The quantitative estimate of drug-likeness (QED) is 0.810. The number of aromatic nitrogens is 2. The molecule has 96 valence electrons. The Hall–Kier alpha value is -1.81. The Morgan fingerprint density at radius 1 is 1.17 bits per heavy atom. The summed E-state index contributed by atoms with van der Waals surface area (Å²) in [5.41, 5.74) is 8.29. The van der Waals surface area contributed by atoms with Crippen molar-refractivity contribution in [3.05, 3.63) is 41.3 Å². The number of nitrogens with one attached hydrogen (secondary N) is 1. The topological polar surface area (TPSA) is 63.8 Å². The van der Waals surface area contributed by atoms with Crippen molar-refractivity contribution in [3.63, 3.8) is 0 Å². The van der Waals surface area contributed by atoms with Crippen molar-refractivity contribution in [2.45, 2.75) is 20.8 Å². The van der Waals surface area contributed by atoms with Gasteiger partial charge in [-0.1, -0.05) is 31.5 Å². The molecule has 2 rings (SSSR count). The minimum absolute atomic E-state index is 0.170. The summed E-state index contributed by atoms with van der Waals surface area (Å²) in [5.74, 6) is 0.517. The van der Waals surface area contributed by atoms with Gasteiger partial charge in [-0.2, -0.15) is 4.98 Å². The molecule has 0 saturated heterocycles. The molecule has 0 aliphatic heterocycles. The van der Waals surface area contributed by atoms with Crippen LogP contribution in [0.25, 0.3) is 0 Å². The Bertz CT molecular complexity index is 497. The average Bonchev–Trinajstić information content (AvgIpc) is 2.39. The monoisotopic (exact) mass is 264 g/mol. The van der Waals surface area contributed by atoms with E-state index in [2.05, 4.69) is 15.3 Å². The number of rotatable bonds is 2. The summed E-state index contributed by atoms with van der Waals surface area (Å²) in [6.45, 7) is 6.03. The SMILES string of the molecule is CC.Cc1ccc(Nc2nc(Cl)ncc2N)cc1. The Morgan fingerprint density at radius 2 is 1.78 bits per heavy atom. The number of halogens is 1. The van der Waals surface area contributed by atoms with Crippen LogP contribution < -0.4 is 11.1 Å². The minimum atomic E-state index is 0.170. The second-order valence-electron chi connectivity index (χ2n) is 3.43. The molecule has 0 unspecified atom stereocenters. The molecule has 3 N–H and O–H groups in total. The van der Waals surface area contributed by atoms with Crippen LogP contribution in [0.2, 0.25) is 5.28 Å². The maximum atomic E-state index is 5.72. The molecule has 4 nitrogen and oxygen atoms in total. The van der Waals surface area contributed by atoms with Gasteiger partial charge in [0.1, 0.15) is 0 Å². The summed E-state index contributed by atoms with van der Waals surface area (Å²) in [4.78, 5) is 7.79. The Labute approximate surface area is 112 Å². The van der Waals surface area contributed by atoms with Gasteiger partial charge >= 0.3 is 0 Å². The standard InChI is InChI=1S/C11H11ClN4.C2H6/c1-7-2-4-8(5-3-7)15-10-9(13)6-14-11(12)16-10;1-2/h2-6H,13H2,1H3,(H,14,15,16);1-2H3. The van der Waals surface area contributed by atoms with Crippen LogP contribution in [0.15, 0.2) is 30.5 Å². The fourth-order valence-corrected chi connectivity index (χ4v) is 1.38. The summed E-state index contributed by atoms with van der Waals surface area (Å²) in [5, 5.41) is 3.25. The summed E-state index contributed by atoms with van der Waals surface area (Å²) < 4.78 is 0. The third kappa shape index (κ3) is 3.89. The van der Waals surface area contributed by atoms with Crippen molar-refractivity contribution in [3.8, 4) is 0 Å². The third-order valence-corrected chi connectivity index (χ3v) is 2.28. The van der Waals surface area contributed by atoms with Gasteiger partial charge in [0.25, 0.3) is 0 Å². The van der Waals surface area contributed by atoms with Crippen molar-refractivity contribution in [1.29, 1.82) is 0 Å². The van der Waals surface area contributed by atoms with E-state index < -0.39 is 0 Å². The van der Waals surface area contributed by atoms with E-state index in [0.717, 1.165) is 5.69 Å². The lowest BCUT2D eigenvalue weighted by atomic mass is 10.2. The number of nitrogens with zero attached hydrogens (tertiary/aromatic N) is 2. The van der Waals surface area contributed by atoms with E-state index in [9.17, 15) is 0 Å². The smallest absolute Gasteiger partial charge is 0.224 e. The van der Waals surface area contributed by atoms with Crippen LogP contribution in [-0.4, -0.2) is 9.97 Å². The number of benzene rings is 1. The number of anilines is 3. The summed E-state index contributed by atoms with van der Waals surface area (Å²) in [6, 6.07) is 7.90. The van der Waals surface area contributed by atoms with Gasteiger partial charge < -0.3 is 11.1 Å². The lowest BCUT2D eigenvalue weighted by Crippen LogP contribution is -2.00. The molecule has 5 heteroatoms. The van der Waals surface area contributed by atoms with Gasteiger partial charge in [-0.15, -0.1) is 0 Å². The molecule has 0 fully saturated rings. The van der Waals surface area contributed by atoms with Crippen LogP contribution in [0, 0.1) is 6.92 Å². The Kier molecular flexibility index (Phi) is 5.39. The largest absolute Gasteiger partial charge is 0.394 e. The van der Waals surface area contributed by atoms with Gasteiger partial charge in [0.05, 0.1) is 11.9 Å². The van der Waals surface area contributed by atoms with Crippen LogP contribution in [0.4, 0.5) is 17.2 Å². The van der Waals surface area contributed by atoms with E-state index in [0.29, 0.717) is 11.5 Å². The molecule has 0 radical (unpaired) electrons. The highest BCUT2D eigenvalue weighted by molar-refractivity contribution is 6.28. The fourth-order valence-electron chi connectivity index (χ4n) is 1.24. The van der Waals surface area contributed by atoms with Crippen LogP contribution in [-0.2, 0) is 0 Å². The lowest BCUT2D eigenvalue weighted by Gasteiger charge is -2.07. The first kappa shape index (κ1) is 14.3. The van der Waals surface area contributed by atoms with E-state index in [1.165, 1.54) is 11.8 Å². The van der Waals surface area contributed by atoms with Gasteiger partial charge in [0.2, 0.25) is 5.28 Å². The molecule has 0 spiro atoms. The molecule has 0 atom stereocenters. The fraction of sp³-hybridized carbons (Fsp3) is 0.231. The van der Waals surface area contributed by atoms with E-state index in [4.69, 9.17) is 17.3 Å². The van der Waals surface area contributed by atoms with Gasteiger partial charge in [-0.3, -0.25) is 0 Å². The molecule has 0 saturated carbocycles. The van der Waals surface area contributed by atoms with Crippen molar-refractivity contribution in [2.75, 3.05) is 11.1 Å². The van der Waals surface area contributed by atoms with Crippen LogP contribution >= 0.6 is 11.6 Å². The minimum Gasteiger partial charge on any atom is -0.394 e. The van der Waals surface area contributed by atoms with Crippen molar-refractivity contribution < 1.29 is 0 Å². The number of nitrogen functional groups attached to an aromatic ring is 1. The molecule has 1 heterocycles. The summed E-state index contributed by atoms with van der Waals surface area (Å²) in [6.07, 6.45) is 1.48. The van der Waals surface area contributed by atoms with E-state index in [-0.39, 0.29) is 5.28 Å². The first-order valence-electron chi connectivity index (χ1n) is 5.77. The highest BCUT2D eigenvalue weighted by Crippen LogP contribution is 2.21. The van der Waals surface area contributed by atoms with Gasteiger partial charge in [-0.05, 0) is 30.7 Å². The Morgan fingerprint density at radius 3 is 2.39 bits per heavy atom. The van der Waals surface area contributed by atoms with Crippen LogP contribution in [0.3, 0.4) is 0 Å². The highest BCUT2D eigenvalue weighted by atomic mass is 35.5. The average molecular weight is 265 g/mol. The number of hydrogen-bond donors (Lipinski definition) is 2. The molecule has 2 aromatic rings. The van der Waals surface area contributed by atoms with E-state index >= 15 is 0 Å². The van der Waals surface area contributed by atoms with Crippen LogP contribution in [0.1, 0.15) is 19.4 Å². The van der Waals surface area contributed by atoms with E-state index in [1.807, 2.05) is 45.0 Å². The molecule has 0 aliphatic carbocycles. The lowest BCUT2D eigenvalue weighted by molar-refractivity contribution is 1.17. The predicted molar refractivity (Wildman–Crippen MR) is 77.3 cm³/mol. The second kappa shape index (κ2) is 6.81. The molecule has 0 amide bonds.